The Labute approximate surface area is 619 Å². The van der Waals surface area contributed by atoms with Crippen molar-refractivity contribution in [1.29, 1.82) is 0 Å². The minimum atomic E-state index is -4.96. The molecule has 600 valence electrons. The van der Waals surface area contributed by atoms with Crippen LogP contribution < -0.4 is 0 Å². The third-order valence-electron chi connectivity index (χ3n) is 19.8. The standard InChI is InChI=1S/C82H160O17P2/c1-9-74(7)60-52-44-36-30-24-17-15-13-11-12-14-16-18-26-32-38-48-56-64-81(86)99-78(69-93-80(85)63-55-47-41-40-45-53-61-75(8)10-2)71-97-101(90,91)95-67-76(83)66-94-100(88,89)96-70-77(98-82(87)65-57-49-39-33-27-21-23-29-35-43-51-59-73(5)6)68-92-79(84)62-54-46-37-31-25-20-19-22-28-34-42-50-58-72(3)4/h72-78,83H,9-71H2,1-8H3,(H,88,89)(H,90,91)/t74?,75?,76-,77-,78-/m1/s1. The number of esters is 4. The Morgan fingerprint density at radius 2 is 0.475 bits per heavy atom. The summed E-state index contributed by atoms with van der Waals surface area (Å²) in [5.41, 5.74) is 0. The van der Waals surface area contributed by atoms with Crippen LogP contribution in [0.25, 0.3) is 0 Å². The second kappa shape index (κ2) is 71.0. The van der Waals surface area contributed by atoms with E-state index in [1.807, 2.05) is 0 Å². The minimum Gasteiger partial charge on any atom is -0.462 e. The Hall–Kier alpha value is -1.94. The molecule has 101 heavy (non-hydrogen) atoms. The van der Waals surface area contributed by atoms with E-state index in [1.165, 1.54) is 218 Å². The number of carbonyl (C=O) groups excluding carboxylic acids is 4. The number of aliphatic hydroxyl groups excluding tert-OH is 1. The number of phosphoric ester groups is 2. The van der Waals surface area contributed by atoms with Crippen molar-refractivity contribution in [2.75, 3.05) is 39.6 Å². The summed E-state index contributed by atoms with van der Waals surface area (Å²) in [5.74, 6) is 1.03. The molecule has 19 heteroatoms. The van der Waals surface area contributed by atoms with Crippen LogP contribution in [-0.2, 0) is 65.4 Å². The highest BCUT2D eigenvalue weighted by atomic mass is 31.2. The molecular formula is C82H160O17P2. The molecule has 0 saturated heterocycles. The van der Waals surface area contributed by atoms with E-state index in [0.29, 0.717) is 25.7 Å². The molecule has 0 aliphatic carbocycles. The third-order valence-corrected chi connectivity index (χ3v) is 21.7. The predicted octanol–water partition coefficient (Wildman–Crippen LogP) is 24.4. The van der Waals surface area contributed by atoms with Gasteiger partial charge in [-0.15, -0.1) is 0 Å². The van der Waals surface area contributed by atoms with E-state index in [0.717, 1.165) is 120 Å². The van der Waals surface area contributed by atoms with Crippen molar-refractivity contribution in [3.8, 4) is 0 Å². The number of hydrogen-bond donors (Lipinski definition) is 3. The van der Waals surface area contributed by atoms with E-state index in [9.17, 15) is 43.2 Å². The van der Waals surface area contributed by atoms with Crippen LogP contribution in [0.3, 0.4) is 0 Å². The van der Waals surface area contributed by atoms with Crippen LogP contribution in [0.1, 0.15) is 421 Å². The first kappa shape index (κ1) is 99.1. The zero-order valence-electron chi connectivity index (χ0n) is 66.5. The molecular weight excluding hydrogens is 1320 g/mol. The summed E-state index contributed by atoms with van der Waals surface area (Å²) in [6.45, 7) is 14.3. The molecule has 0 saturated carbocycles. The normalized spacial score (nSPS) is 14.5. The van der Waals surface area contributed by atoms with Crippen molar-refractivity contribution in [3.05, 3.63) is 0 Å². The average Bonchev–Trinajstić information content (AvgIpc) is 0.919. The molecule has 0 radical (unpaired) electrons. The minimum absolute atomic E-state index is 0.106. The van der Waals surface area contributed by atoms with Gasteiger partial charge in [0.2, 0.25) is 0 Å². The number of rotatable bonds is 79. The smallest absolute Gasteiger partial charge is 0.462 e. The monoisotopic (exact) mass is 1480 g/mol. The molecule has 4 unspecified atom stereocenters. The Morgan fingerprint density at radius 1 is 0.277 bits per heavy atom. The first-order valence-corrected chi connectivity index (χ1v) is 45.3. The molecule has 0 spiro atoms. The van der Waals surface area contributed by atoms with Gasteiger partial charge in [-0.2, -0.15) is 0 Å². The molecule has 0 aromatic heterocycles. The van der Waals surface area contributed by atoms with Crippen molar-refractivity contribution in [2.24, 2.45) is 23.7 Å². The number of phosphoric acid groups is 2. The predicted molar refractivity (Wildman–Crippen MR) is 414 cm³/mol. The van der Waals surface area contributed by atoms with E-state index in [4.69, 9.17) is 37.0 Å². The summed E-state index contributed by atoms with van der Waals surface area (Å²) >= 11 is 0. The van der Waals surface area contributed by atoms with Gasteiger partial charge in [0.15, 0.2) is 12.2 Å². The van der Waals surface area contributed by atoms with Crippen LogP contribution in [0.5, 0.6) is 0 Å². The number of unbranched alkanes of at least 4 members (excludes halogenated alkanes) is 43. The maximum atomic E-state index is 13.1. The Bertz CT molecular complexity index is 1980. The largest absolute Gasteiger partial charge is 0.472 e. The zero-order valence-corrected chi connectivity index (χ0v) is 68.3. The fraction of sp³-hybridized carbons (Fsp3) is 0.951. The van der Waals surface area contributed by atoms with Gasteiger partial charge in [0, 0.05) is 25.7 Å². The highest BCUT2D eigenvalue weighted by Gasteiger charge is 2.30. The lowest BCUT2D eigenvalue weighted by molar-refractivity contribution is -0.161. The highest BCUT2D eigenvalue weighted by molar-refractivity contribution is 7.47. The summed E-state index contributed by atoms with van der Waals surface area (Å²) in [6, 6.07) is 0. The summed E-state index contributed by atoms with van der Waals surface area (Å²) in [4.78, 5) is 73.0. The van der Waals surface area contributed by atoms with Gasteiger partial charge in [0.1, 0.15) is 19.3 Å². The van der Waals surface area contributed by atoms with Gasteiger partial charge < -0.3 is 33.8 Å². The van der Waals surface area contributed by atoms with Gasteiger partial charge in [0.25, 0.3) is 0 Å². The van der Waals surface area contributed by atoms with E-state index in [-0.39, 0.29) is 25.7 Å². The summed E-state index contributed by atoms with van der Waals surface area (Å²) in [7, 11) is -9.92. The van der Waals surface area contributed by atoms with Crippen LogP contribution in [0.4, 0.5) is 0 Å². The Balaban J connectivity index is 5.20. The van der Waals surface area contributed by atoms with E-state index < -0.39 is 97.5 Å². The van der Waals surface area contributed by atoms with Gasteiger partial charge in [-0.3, -0.25) is 37.3 Å². The lowest BCUT2D eigenvalue weighted by atomic mass is 9.99. The third kappa shape index (κ3) is 73.4. The molecule has 3 N–H and O–H groups in total. The average molecular weight is 1480 g/mol. The van der Waals surface area contributed by atoms with Crippen LogP contribution in [0, 0.1) is 23.7 Å². The first-order chi connectivity index (χ1) is 48.7. The number of aliphatic hydroxyl groups is 1. The van der Waals surface area contributed by atoms with Crippen molar-refractivity contribution in [3.63, 3.8) is 0 Å². The summed E-state index contributed by atoms with van der Waals surface area (Å²) < 4.78 is 68.7. The Kier molecular flexibility index (Phi) is 69.6. The maximum Gasteiger partial charge on any atom is 0.472 e. The quantitative estimate of drug-likeness (QED) is 0.0222. The molecule has 7 atom stereocenters. The van der Waals surface area contributed by atoms with Crippen molar-refractivity contribution >= 4 is 39.5 Å². The maximum absolute atomic E-state index is 13.1. The van der Waals surface area contributed by atoms with Crippen molar-refractivity contribution in [1.82, 2.24) is 0 Å². The molecule has 0 aliphatic rings. The topological polar surface area (TPSA) is 237 Å². The van der Waals surface area contributed by atoms with Crippen molar-refractivity contribution < 1.29 is 80.2 Å². The summed E-state index contributed by atoms with van der Waals surface area (Å²) in [5, 5.41) is 10.6. The molecule has 0 bridgehead atoms. The van der Waals surface area contributed by atoms with Crippen LogP contribution in [0.2, 0.25) is 0 Å². The zero-order chi connectivity index (χ0) is 74.6. The molecule has 0 rings (SSSR count). The van der Waals surface area contributed by atoms with Crippen LogP contribution in [0.15, 0.2) is 0 Å². The molecule has 0 heterocycles. The fourth-order valence-corrected chi connectivity index (χ4v) is 14.1. The van der Waals surface area contributed by atoms with Crippen LogP contribution in [-0.4, -0.2) is 96.7 Å². The van der Waals surface area contributed by atoms with Gasteiger partial charge in [-0.1, -0.05) is 370 Å². The van der Waals surface area contributed by atoms with Gasteiger partial charge >= 0.3 is 39.5 Å². The second-order valence-corrected chi connectivity index (χ2v) is 33.9. The van der Waals surface area contributed by atoms with E-state index in [1.54, 1.807) is 0 Å². The number of carbonyl (C=O) groups is 4. The van der Waals surface area contributed by atoms with Gasteiger partial charge in [0.05, 0.1) is 26.4 Å². The van der Waals surface area contributed by atoms with Gasteiger partial charge in [-0.25, -0.2) is 9.13 Å². The summed E-state index contributed by atoms with van der Waals surface area (Å²) in [6.07, 6.45) is 58.3. The molecule has 0 aliphatic heterocycles. The van der Waals surface area contributed by atoms with E-state index >= 15 is 0 Å². The number of ether oxygens (including phenoxy) is 4. The molecule has 0 aromatic rings. The molecule has 0 amide bonds. The molecule has 17 nitrogen and oxygen atoms in total. The van der Waals surface area contributed by atoms with Crippen LogP contribution >= 0.6 is 15.6 Å². The van der Waals surface area contributed by atoms with Gasteiger partial charge in [-0.05, 0) is 49.4 Å². The van der Waals surface area contributed by atoms with Crippen molar-refractivity contribution in [2.45, 2.75) is 440 Å². The fourth-order valence-electron chi connectivity index (χ4n) is 12.5. The molecule has 0 aromatic carbocycles. The molecule has 0 fully saturated rings. The van der Waals surface area contributed by atoms with E-state index in [2.05, 4.69) is 55.4 Å². The second-order valence-electron chi connectivity index (χ2n) is 31.0. The first-order valence-electron chi connectivity index (χ1n) is 42.3. The number of hydrogen-bond acceptors (Lipinski definition) is 15. The SMILES string of the molecule is CCC(C)CCCCCCCCCCCCCCCCCCCCC(=O)O[C@H](COC(=O)CCCCCCCCC(C)CC)COP(=O)(O)OC[C@H](O)COP(=O)(O)OC[C@@H](COC(=O)CCCCCCCCCCCCCCC(C)C)OC(=O)CCCCCCCCCCCCCC(C)C. The Morgan fingerprint density at radius 3 is 0.703 bits per heavy atom. The highest BCUT2D eigenvalue weighted by Crippen LogP contribution is 2.45. The lowest BCUT2D eigenvalue weighted by Gasteiger charge is -2.21. The lowest BCUT2D eigenvalue weighted by Crippen LogP contribution is -2.30.